The van der Waals surface area contributed by atoms with Gasteiger partial charge in [-0.3, -0.25) is 5.43 Å². The molecule has 0 heterocycles. The molecule has 0 spiro atoms. The Balaban J connectivity index is 1.87. The molecule has 5 N–H and O–H groups in total. The monoisotopic (exact) mass is 309 g/mol. The summed E-state index contributed by atoms with van der Waals surface area (Å²) in [4.78, 5) is 0. The van der Waals surface area contributed by atoms with Gasteiger partial charge in [-0.05, 0) is 31.1 Å². The fourth-order valence-corrected chi connectivity index (χ4v) is 2.53. The van der Waals surface area contributed by atoms with Crippen LogP contribution < -0.4 is 10.7 Å². The van der Waals surface area contributed by atoms with Crippen LogP contribution in [0.1, 0.15) is 37.7 Å². The third-order valence-electron chi connectivity index (χ3n) is 3.43. The van der Waals surface area contributed by atoms with Gasteiger partial charge in [0.2, 0.25) is 0 Å². The Bertz CT molecular complexity index is 543. The molecule has 0 aliphatic heterocycles. The molecule has 1 aromatic carbocycles. The van der Waals surface area contributed by atoms with Crippen LogP contribution >= 0.6 is 12.2 Å². The van der Waals surface area contributed by atoms with Gasteiger partial charge in [0.1, 0.15) is 5.75 Å². The van der Waals surface area contributed by atoms with E-state index in [2.05, 4.69) is 15.8 Å². The van der Waals surface area contributed by atoms with Crippen LogP contribution in [-0.4, -0.2) is 32.7 Å². The summed E-state index contributed by atoms with van der Waals surface area (Å²) in [5.41, 5.74) is 2.95. The van der Waals surface area contributed by atoms with E-state index in [9.17, 15) is 15.3 Å². The van der Waals surface area contributed by atoms with Crippen LogP contribution in [0.3, 0.4) is 0 Å². The maximum absolute atomic E-state index is 9.60. The number of hydrogen-bond acceptors (Lipinski definition) is 5. The highest BCUT2D eigenvalue weighted by atomic mass is 32.1. The fraction of sp³-hybridized carbons (Fsp3) is 0.429. The third-order valence-corrected chi connectivity index (χ3v) is 3.64. The molecule has 1 aromatic rings. The molecule has 1 aliphatic carbocycles. The molecule has 0 unspecified atom stereocenters. The smallest absolute Gasteiger partial charge is 0.187 e. The van der Waals surface area contributed by atoms with Gasteiger partial charge in [0, 0.05) is 17.7 Å². The Morgan fingerprint density at radius 1 is 1.10 bits per heavy atom. The van der Waals surface area contributed by atoms with Crippen molar-refractivity contribution in [1.29, 1.82) is 0 Å². The van der Waals surface area contributed by atoms with E-state index in [1.165, 1.54) is 31.5 Å². The predicted molar refractivity (Wildman–Crippen MR) is 84.8 cm³/mol. The van der Waals surface area contributed by atoms with E-state index in [0.29, 0.717) is 11.2 Å². The van der Waals surface area contributed by atoms with Crippen LogP contribution in [0.5, 0.6) is 17.2 Å². The Kier molecular flexibility index (Phi) is 5.21. The van der Waals surface area contributed by atoms with E-state index >= 15 is 0 Å². The normalized spacial score (nSPS) is 16.0. The third kappa shape index (κ3) is 4.49. The highest BCUT2D eigenvalue weighted by Crippen LogP contribution is 2.31. The Morgan fingerprint density at radius 3 is 2.48 bits per heavy atom. The lowest BCUT2D eigenvalue weighted by molar-refractivity contribution is 0.396. The van der Waals surface area contributed by atoms with Gasteiger partial charge in [0.15, 0.2) is 16.6 Å². The van der Waals surface area contributed by atoms with E-state index in [0.717, 1.165) is 18.9 Å². The van der Waals surface area contributed by atoms with Crippen molar-refractivity contribution in [3.05, 3.63) is 17.7 Å². The standard InChI is InChI=1S/C14H19N3O3S/c18-11-7-13(20)12(19)6-9(11)8-15-17-14(21)16-10-4-2-1-3-5-10/h6-8,10,18-20H,1-5H2,(H2,16,17,21)/b15-8+. The van der Waals surface area contributed by atoms with Crippen molar-refractivity contribution in [2.24, 2.45) is 5.10 Å². The van der Waals surface area contributed by atoms with Crippen LogP contribution in [0.4, 0.5) is 0 Å². The number of benzene rings is 1. The van der Waals surface area contributed by atoms with Crippen molar-refractivity contribution < 1.29 is 15.3 Å². The van der Waals surface area contributed by atoms with Crippen LogP contribution in [0, 0.1) is 0 Å². The molecule has 21 heavy (non-hydrogen) atoms. The van der Waals surface area contributed by atoms with Crippen molar-refractivity contribution >= 4 is 23.5 Å². The highest BCUT2D eigenvalue weighted by molar-refractivity contribution is 7.80. The van der Waals surface area contributed by atoms with E-state index in [1.54, 1.807) is 0 Å². The first-order chi connectivity index (χ1) is 10.1. The molecule has 1 aliphatic rings. The summed E-state index contributed by atoms with van der Waals surface area (Å²) in [5.74, 6) is -0.883. The minimum absolute atomic E-state index is 0.179. The molecule has 7 heteroatoms. The zero-order chi connectivity index (χ0) is 15.2. The summed E-state index contributed by atoms with van der Waals surface area (Å²) in [6, 6.07) is 2.66. The number of thiocarbonyl (C=S) groups is 1. The van der Waals surface area contributed by atoms with Gasteiger partial charge in [-0.2, -0.15) is 5.10 Å². The van der Waals surface area contributed by atoms with Gasteiger partial charge in [-0.25, -0.2) is 0 Å². The number of hydrazone groups is 1. The van der Waals surface area contributed by atoms with Gasteiger partial charge in [-0.1, -0.05) is 19.3 Å². The lowest BCUT2D eigenvalue weighted by atomic mass is 9.96. The topological polar surface area (TPSA) is 97.1 Å². The van der Waals surface area contributed by atoms with E-state index < -0.39 is 0 Å². The largest absolute Gasteiger partial charge is 0.507 e. The number of aromatic hydroxyl groups is 3. The summed E-state index contributed by atoms with van der Waals surface area (Å²) < 4.78 is 0. The van der Waals surface area contributed by atoms with Crippen molar-refractivity contribution in [1.82, 2.24) is 10.7 Å². The first kappa shape index (κ1) is 15.4. The molecule has 2 rings (SSSR count). The minimum atomic E-state index is -0.382. The van der Waals surface area contributed by atoms with Crippen molar-refractivity contribution in [2.75, 3.05) is 0 Å². The Morgan fingerprint density at radius 2 is 1.76 bits per heavy atom. The molecule has 1 saturated carbocycles. The second-order valence-corrected chi connectivity index (χ2v) is 5.49. The second-order valence-electron chi connectivity index (χ2n) is 5.08. The van der Waals surface area contributed by atoms with Crippen molar-refractivity contribution in [3.8, 4) is 17.2 Å². The fourth-order valence-electron chi connectivity index (χ4n) is 2.31. The van der Waals surface area contributed by atoms with Gasteiger partial charge in [0.25, 0.3) is 0 Å². The van der Waals surface area contributed by atoms with Gasteiger partial charge in [-0.15, -0.1) is 0 Å². The number of phenols is 3. The summed E-state index contributed by atoms with van der Waals surface area (Å²) in [5, 5.41) is 35.7. The summed E-state index contributed by atoms with van der Waals surface area (Å²) in [7, 11) is 0. The first-order valence-corrected chi connectivity index (χ1v) is 7.31. The van der Waals surface area contributed by atoms with Crippen molar-refractivity contribution in [3.63, 3.8) is 0 Å². The van der Waals surface area contributed by atoms with Crippen molar-refractivity contribution in [2.45, 2.75) is 38.1 Å². The molecule has 114 valence electrons. The van der Waals surface area contributed by atoms with Crippen LogP contribution in [0.15, 0.2) is 17.2 Å². The zero-order valence-corrected chi connectivity index (χ0v) is 12.4. The summed E-state index contributed by atoms with van der Waals surface area (Å²) in [6.45, 7) is 0. The Labute approximate surface area is 128 Å². The number of nitrogens with zero attached hydrogens (tertiary/aromatic N) is 1. The lowest BCUT2D eigenvalue weighted by Gasteiger charge is -2.23. The quantitative estimate of drug-likeness (QED) is 0.192. The molecular weight excluding hydrogens is 290 g/mol. The molecule has 0 radical (unpaired) electrons. The average Bonchev–Trinajstić information content (AvgIpc) is 2.45. The zero-order valence-electron chi connectivity index (χ0n) is 11.5. The van der Waals surface area contributed by atoms with Crippen LogP contribution in [0.2, 0.25) is 0 Å². The molecule has 0 bridgehead atoms. The molecule has 0 atom stereocenters. The Hall–Kier alpha value is -2.02. The molecule has 0 aromatic heterocycles. The summed E-state index contributed by atoms with van der Waals surface area (Å²) >= 11 is 5.14. The molecule has 6 nitrogen and oxygen atoms in total. The lowest BCUT2D eigenvalue weighted by Crippen LogP contribution is -2.40. The molecule has 0 saturated heterocycles. The van der Waals surface area contributed by atoms with Gasteiger partial charge < -0.3 is 20.6 Å². The molecular formula is C14H19N3O3S. The number of phenolic OH excluding ortho intramolecular Hbond substituents is 3. The number of hydrogen-bond donors (Lipinski definition) is 5. The average molecular weight is 309 g/mol. The second kappa shape index (κ2) is 7.12. The van der Waals surface area contributed by atoms with Crippen LogP contribution in [-0.2, 0) is 0 Å². The van der Waals surface area contributed by atoms with E-state index in [1.807, 2.05) is 0 Å². The van der Waals surface area contributed by atoms with Gasteiger partial charge >= 0.3 is 0 Å². The maximum atomic E-state index is 9.60. The summed E-state index contributed by atoms with van der Waals surface area (Å²) in [6.07, 6.45) is 7.24. The maximum Gasteiger partial charge on any atom is 0.187 e. The SMILES string of the molecule is Oc1cc(O)c(/C=N/NC(=S)NC2CCCCC2)cc1O. The first-order valence-electron chi connectivity index (χ1n) is 6.91. The van der Waals surface area contributed by atoms with E-state index in [-0.39, 0.29) is 22.8 Å². The predicted octanol–water partition coefficient (Wildman–Crippen LogP) is 1.93. The van der Waals surface area contributed by atoms with E-state index in [4.69, 9.17) is 12.2 Å². The van der Waals surface area contributed by atoms with Gasteiger partial charge in [0.05, 0.1) is 6.21 Å². The molecule has 0 amide bonds. The highest BCUT2D eigenvalue weighted by Gasteiger charge is 2.13. The number of rotatable bonds is 3. The van der Waals surface area contributed by atoms with Crippen LogP contribution in [0.25, 0.3) is 0 Å². The minimum Gasteiger partial charge on any atom is -0.507 e. The number of nitrogens with one attached hydrogen (secondary N) is 2. The molecule has 1 fully saturated rings.